The predicted octanol–water partition coefficient (Wildman–Crippen LogP) is 1.12. The number of amides is 1. The van der Waals surface area contributed by atoms with Gasteiger partial charge >= 0.3 is 0 Å². The highest BCUT2D eigenvalue weighted by molar-refractivity contribution is 5.74. The molecule has 4 heteroatoms. The summed E-state index contributed by atoms with van der Waals surface area (Å²) in [5.74, 6) is 6.92. The second kappa shape index (κ2) is 11.1. The van der Waals surface area contributed by atoms with Gasteiger partial charge in [0, 0.05) is 32.5 Å². The number of ether oxygens (including phenoxy) is 1. The molecule has 1 heterocycles. The van der Waals surface area contributed by atoms with Crippen LogP contribution >= 0.6 is 0 Å². The fourth-order valence-electron chi connectivity index (χ4n) is 1.30. The van der Waals surface area contributed by atoms with Gasteiger partial charge in [-0.3, -0.25) is 9.69 Å². The molecule has 0 aromatic rings. The van der Waals surface area contributed by atoms with E-state index in [-0.39, 0.29) is 5.91 Å². The summed E-state index contributed by atoms with van der Waals surface area (Å²) in [6, 6.07) is 0. The van der Waals surface area contributed by atoms with Crippen LogP contribution in [0.4, 0.5) is 0 Å². The SMILES string of the molecule is CC(C)C#CCN1CCOCC1.CCC(=O)NC. The number of hydrogen-bond acceptors (Lipinski definition) is 3. The second-order valence-electron chi connectivity index (χ2n) is 4.39. The minimum Gasteiger partial charge on any atom is -0.379 e. The van der Waals surface area contributed by atoms with Crippen molar-refractivity contribution in [3.63, 3.8) is 0 Å². The summed E-state index contributed by atoms with van der Waals surface area (Å²) in [5.41, 5.74) is 0. The molecule has 0 atom stereocenters. The van der Waals surface area contributed by atoms with Gasteiger partial charge < -0.3 is 10.1 Å². The molecule has 1 amide bonds. The first-order valence-electron chi connectivity index (χ1n) is 6.59. The second-order valence-corrected chi connectivity index (χ2v) is 4.39. The third-order valence-electron chi connectivity index (χ3n) is 2.40. The van der Waals surface area contributed by atoms with Crippen LogP contribution in [0.15, 0.2) is 0 Å². The van der Waals surface area contributed by atoms with Crippen LogP contribution in [-0.4, -0.2) is 50.7 Å². The molecule has 1 aliphatic rings. The zero-order chi connectivity index (χ0) is 13.8. The third kappa shape index (κ3) is 10.1. The Hall–Kier alpha value is -1.05. The fraction of sp³-hybridized carbons (Fsp3) is 0.786. The lowest BCUT2D eigenvalue weighted by molar-refractivity contribution is -0.120. The van der Waals surface area contributed by atoms with Crippen molar-refractivity contribution in [3.05, 3.63) is 0 Å². The molecule has 0 unspecified atom stereocenters. The molecule has 0 aromatic carbocycles. The highest BCUT2D eigenvalue weighted by Crippen LogP contribution is 1.95. The van der Waals surface area contributed by atoms with E-state index in [2.05, 4.69) is 35.9 Å². The van der Waals surface area contributed by atoms with Gasteiger partial charge in [-0.1, -0.05) is 32.6 Å². The van der Waals surface area contributed by atoms with E-state index in [4.69, 9.17) is 4.74 Å². The molecule has 0 aromatic heterocycles. The molecule has 0 bridgehead atoms. The fourth-order valence-corrected chi connectivity index (χ4v) is 1.30. The topological polar surface area (TPSA) is 41.6 Å². The number of rotatable bonds is 2. The Morgan fingerprint density at radius 3 is 2.39 bits per heavy atom. The number of hydrogen-bond donors (Lipinski definition) is 1. The van der Waals surface area contributed by atoms with Gasteiger partial charge in [-0.15, -0.1) is 0 Å². The van der Waals surface area contributed by atoms with Crippen molar-refractivity contribution < 1.29 is 9.53 Å². The molecule has 18 heavy (non-hydrogen) atoms. The monoisotopic (exact) mass is 254 g/mol. The molecular formula is C14H26N2O2. The summed E-state index contributed by atoms with van der Waals surface area (Å²) in [7, 11) is 1.63. The van der Waals surface area contributed by atoms with E-state index in [0.717, 1.165) is 32.8 Å². The lowest BCUT2D eigenvalue weighted by Gasteiger charge is -2.24. The van der Waals surface area contributed by atoms with Gasteiger partial charge in [-0.2, -0.15) is 0 Å². The van der Waals surface area contributed by atoms with Crippen LogP contribution in [0.5, 0.6) is 0 Å². The minimum atomic E-state index is 0.0926. The Bertz CT molecular complexity index is 267. The highest BCUT2D eigenvalue weighted by Gasteiger charge is 2.07. The molecule has 1 N–H and O–H groups in total. The Morgan fingerprint density at radius 2 is 2.00 bits per heavy atom. The van der Waals surface area contributed by atoms with Crippen molar-refractivity contribution in [1.82, 2.24) is 10.2 Å². The van der Waals surface area contributed by atoms with Crippen molar-refractivity contribution in [1.29, 1.82) is 0 Å². The van der Waals surface area contributed by atoms with Gasteiger partial charge in [0.15, 0.2) is 0 Å². The Morgan fingerprint density at radius 1 is 1.39 bits per heavy atom. The number of carbonyl (C=O) groups excluding carboxylic acids is 1. The number of carbonyl (C=O) groups is 1. The standard InChI is InChI=1S/C10H17NO.C4H9NO/c1-10(2)4-3-5-11-6-8-12-9-7-11;1-3-4(6)5-2/h10H,5-9H2,1-2H3;3H2,1-2H3,(H,5,6). The molecule has 104 valence electrons. The van der Waals surface area contributed by atoms with Crippen LogP contribution in [-0.2, 0) is 9.53 Å². The first kappa shape index (κ1) is 16.9. The van der Waals surface area contributed by atoms with Crippen LogP contribution in [0.1, 0.15) is 27.2 Å². The first-order valence-corrected chi connectivity index (χ1v) is 6.59. The normalized spacial score (nSPS) is 15.2. The minimum absolute atomic E-state index is 0.0926. The van der Waals surface area contributed by atoms with E-state index in [1.54, 1.807) is 7.05 Å². The van der Waals surface area contributed by atoms with Gasteiger partial charge in [-0.25, -0.2) is 0 Å². The van der Waals surface area contributed by atoms with Crippen molar-refractivity contribution in [2.45, 2.75) is 27.2 Å². The molecule has 0 saturated carbocycles. The summed E-state index contributed by atoms with van der Waals surface area (Å²) >= 11 is 0. The van der Waals surface area contributed by atoms with E-state index in [9.17, 15) is 4.79 Å². The van der Waals surface area contributed by atoms with Crippen molar-refractivity contribution >= 4 is 5.91 Å². The molecule has 4 nitrogen and oxygen atoms in total. The molecule has 0 aliphatic carbocycles. The summed E-state index contributed by atoms with van der Waals surface area (Å²) in [6.45, 7) is 10.8. The summed E-state index contributed by atoms with van der Waals surface area (Å²) in [5, 5.41) is 2.48. The van der Waals surface area contributed by atoms with Gasteiger partial charge in [0.25, 0.3) is 0 Å². The van der Waals surface area contributed by atoms with Gasteiger partial charge in [0.2, 0.25) is 5.91 Å². The van der Waals surface area contributed by atoms with E-state index < -0.39 is 0 Å². The first-order chi connectivity index (χ1) is 8.60. The molecular weight excluding hydrogens is 228 g/mol. The van der Waals surface area contributed by atoms with Crippen molar-refractivity contribution in [3.8, 4) is 11.8 Å². The predicted molar refractivity (Wildman–Crippen MR) is 74.2 cm³/mol. The number of nitrogens with zero attached hydrogens (tertiary/aromatic N) is 1. The maximum Gasteiger partial charge on any atom is 0.219 e. The quantitative estimate of drug-likeness (QED) is 0.751. The molecule has 1 saturated heterocycles. The zero-order valence-corrected chi connectivity index (χ0v) is 12.1. The molecule has 0 radical (unpaired) electrons. The largest absolute Gasteiger partial charge is 0.379 e. The number of morpholine rings is 1. The van der Waals surface area contributed by atoms with Gasteiger partial charge in [0.05, 0.1) is 19.8 Å². The van der Waals surface area contributed by atoms with Crippen molar-refractivity contribution in [2.24, 2.45) is 5.92 Å². The third-order valence-corrected chi connectivity index (χ3v) is 2.40. The van der Waals surface area contributed by atoms with Crippen molar-refractivity contribution in [2.75, 3.05) is 39.9 Å². The lowest BCUT2D eigenvalue weighted by atomic mass is 10.2. The molecule has 1 fully saturated rings. The maximum absolute atomic E-state index is 10.1. The lowest BCUT2D eigenvalue weighted by Crippen LogP contribution is -2.36. The molecule has 0 spiro atoms. The summed E-state index contributed by atoms with van der Waals surface area (Å²) in [6.07, 6.45) is 0.580. The summed E-state index contributed by atoms with van der Waals surface area (Å²) < 4.78 is 5.24. The number of nitrogens with one attached hydrogen (secondary N) is 1. The van der Waals surface area contributed by atoms with E-state index in [1.807, 2.05) is 6.92 Å². The smallest absolute Gasteiger partial charge is 0.219 e. The Kier molecular flexibility index (Phi) is 10.4. The van der Waals surface area contributed by atoms with Crippen LogP contribution in [0.3, 0.4) is 0 Å². The maximum atomic E-state index is 10.1. The average molecular weight is 254 g/mol. The van der Waals surface area contributed by atoms with E-state index >= 15 is 0 Å². The highest BCUT2D eigenvalue weighted by atomic mass is 16.5. The van der Waals surface area contributed by atoms with E-state index in [0.29, 0.717) is 12.3 Å². The van der Waals surface area contributed by atoms with Crippen LogP contribution in [0.25, 0.3) is 0 Å². The molecule has 1 rings (SSSR count). The van der Waals surface area contributed by atoms with E-state index in [1.165, 1.54) is 0 Å². The van der Waals surface area contributed by atoms with Crippen LogP contribution in [0, 0.1) is 17.8 Å². The zero-order valence-electron chi connectivity index (χ0n) is 12.1. The average Bonchev–Trinajstić information content (AvgIpc) is 2.39. The van der Waals surface area contributed by atoms with Crippen LogP contribution < -0.4 is 5.32 Å². The Labute approximate surface area is 111 Å². The van der Waals surface area contributed by atoms with Gasteiger partial charge in [0.1, 0.15) is 0 Å². The van der Waals surface area contributed by atoms with Crippen LogP contribution in [0.2, 0.25) is 0 Å². The van der Waals surface area contributed by atoms with Gasteiger partial charge in [-0.05, 0) is 0 Å². The Balaban J connectivity index is 0.000000411. The molecule has 1 aliphatic heterocycles. The summed E-state index contributed by atoms with van der Waals surface area (Å²) in [4.78, 5) is 12.4.